The van der Waals surface area contributed by atoms with Gasteiger partial charge in [0.1, 0.15) is 5.60 Å². The predicted molar refractivity (Wildman–Crippen MR) is 99.5 cm³/mol. The van der Waals surface area contributed by atoms with Gasteiger partial charge in [-0.1, -0.05) is 30.3 Å². The predicted octanol–water partition coefficient (Wildman–Crippen LogP) is 2.65. The quantitative estimate of drug-likeness (QED) is 0.874. The number of hydrogen-bond donors (Lipinski definition) is 1. The molecule has 6 heteroatoms. The van der Waals surface area contributed by atoms with E-state index in [2.05, 4.69) is 0 Å². The molecular weight excluding hydrogens is 332 g/mol. The number of hydrogen-bond acceptors (Lipinski definition) is 4. The first-order valence-corrected chi connectivity index (χ1v) is 9.21. The first kappa shape index (κ1) is 20.2. The Morgan fingerprint density at radius 3 is 2.58 bits per heavy atom. The molecule has 1 aliphatic heterocycles. The van der Waals surface area contributed by atoms with Crippen molar-refractivity contribution in [2.24, 2.45) is 5.92 Å². The van der Waals surface area contributed by atoms with E-state index in [-0.39, 0.29) is 31.1 Å². The van der Waals surface area contributed by atoms with Gasteiger partial charge in [0.25, 0.3) is 0 Å². The van der Waals surface area contributed by atoms with E-state index < -0.39 is 5.60 Å². The van der Waals surface area contributed by atoms with E-state index in [0.29, 0.717) is 19.6 Å². The summed E-state index contributed by atoms with van der Waals surface area (Å²) in [6.45, 7) is 7.14. The lowest BCUT2D eigenvalue weighted by Crippen LogP contribution is -2.48. The van der Waals surface area contributed by atoms with Crippen LogP contribution in [0.25, 0.3) is 0 Å². The maximum absolute atomic E-state index is 13.0. The van der Waals surface area contributed by atoms with Crippen LogP contribution in [0, 0.1) is 5.92 Å². The third kappa shape index (κ3) is 6.02. The third-order valence-corrected chi connectivity index (χ3v) is 4.32. The average Bonchev–Trinajstić information content (AvgIpc) is 2.60. The number of likely N-dealkylation sites (tertiary alicyclic amines) is 1. The Kier molecular flexibility index (Phi) is 7.03. The molecule has 0 aliphatic carbocycles. The van der Waals surface area contributed by atoms with Crippen LogP contribution in [-0.2, 0) is 16.1 Å². The van der Waals surface area contributed by atoms with Gasteiger partial charge in [0.2, 0.25) is 5.91 Å². The molecule has 144 valence electrons. The van der Waals surface area contributed by atoms with Crippen molar-refractivity contribution in [3.8, 4) is 0 Å². The summed E-state index contributed by atoms with van der Waals surface area (Å²) in [5, 5.41) is 9.35. The molecule has 26 heavy (non-hydrogen) atoms. The number of carbonyl (C=O) groups is 2. The number of aliphatic hydroxyl groups excluding tert-OH is 1. The van der Waals surface area contributed by atoms with E-state index in [4.69, 9.17) is 4.74 Å². The Balaban J connectivity index is 2.02. The van der Waals surface area contributed by atoms with E-state index in [0.717, 1.165) is 18.4 Å². The van der Waals surface area contributed by atoms with E-state index in [1.165, 1.54) is 0 Å². The van der Waals surface area contributed by atoms with Crippen molar-refractivity contribution in [3.63, 3.8) is 0 Å². The lowest BCUT2D eigenvalue weighted by atomic mass is 9.96. The molecule has 0 saturated carbocycles. The van der Waals surface area contributed by atoms with Gasteiger partial charge in [0.05, 0.1) is 12.5 Å². The lowest BCUT2D eigenvalue weighted by Gasteiger charge is -2.35. The van der Waals surface area contributed by atoms with E-state index in [1.807, 2.05) is 51.1 Å². The number of rotatable bonds is 5. The van der Waals surface area contributed by atoms with E-state index in [9.17, 15) is 14.7 Å². The van der Waals surface area contributed by atoms with Crippen LogP contribution in [0.5, 0.6) is 0 Å². The summed E-state index contributed by atoms with van der Waals surface area (Å²) in [6, 6.07) is 9.72. The number of aliphatic hydroxyl groups is 1. The molecule has 1 atom stereocenters. The second-order valence-corrected chi connectivity index (χ2v) is 7.73. The molecule has 1 unspecified atom stereocenters. The SMILES string of the molecule is CC(C)(C)OC(=O)N1CCCC(C(=O)N(CCO)Cc2ccccc2)C1. The molecule has 2 rings (SSSR count). The fourth-order valence-corrected chi connectivity index (χ4v) is 3.12. The molecule has 1 heterocycles. The molecule has 0 radical (unpaired) electrons. The van der Waals surface area contributed by atoms with Gasteiger partial charge >= 0.3 is 6.09 Å². The highest BCUT2D eigenvalue weighted by molar-refractivity contribution is 5.80. The van der Waals surface area contributed by atoms with Crippen molar-refractivity contribution in [2.75, 3.05) is 26.2 Å². The summed E-state index contributed by atoms with van der Waals surface area (Å²) in [6.07, 6.45) is 1.15. The first-order chi connectivity index (χ1) is 12.3. The molecule has 0 bridgehead atoms. The van der Waals surface area contributed by atoms with Gasteiger partial charge in [-0.25, -0.2) is 4.79 Å². The van der Waals surface area contributed by atoms with Crippen LogP contribution in [0.4, 0.5) is 4.79 Å². The smallest absolute Gasteiger partial charge is 0.410 e. The normalized spacial score (nSPS) is 17.7. The zero-order valence-corrected chi connectivity index (χ0v) is 16.0. The molecule has 1 aliphatic rings. The Morgan fingerprint density at radius 1 is 1.27 bits per heavy atom. The van der Waals surface area contributed by atoms with Gasteiger partial charge in [-0.2, -0.15) is 0 Å². The number of piperidine rings is 1. The highest BCUT2D eigenvalue weighted by atomic mass is 16.6. The molecule has 1 N–H and O–H groups in total. The molecule has 1 fully saturated rings. The van der Waals surface area contributed by atoms with Gasteiger partial charge in [0, 0.05) is 26.2 Å². The zero-order valence-electron chi connectivity index (χ0n) is 16.0. The highest BCUT2D eigenvalue weighted by Crippen LogP contribution is 2.22. The molecule has 0 spiro atoms. The first-order valence-electron chi connectivity index (χ1n) is 9.21. The second kappa shape index (κ2) is 9.03. The van der Waals surface area contributed by atoms with Gasteiger partial charge in [0.15, 0.2) is 0 Å². The van der Waals surface area contributed by atoms with Gasteiger partial charge < -0.3 is 19.6 Å². The molecule has 1 aromatic carbocycles. The lowest BCUT2D eigenvalue weighted by molar-refractivity contribution is -0.138. The Morgan fingerprint density at radius 2 is 1.96 bits per heavy atom. The van der Waals surface area contributed by atoms with Crippen LogP contribution in [0.1, 0.15) is 39.2 Å². The van der Waals surface area contributed by atoms with Gasteiger partial charge in [-0.15, -0.1) is 0 Å². The van der Waals surface area contributed by atoms with Gasteiger partial charge in [-0.3, -0.25) is 4.79 Å². The summed E-state index contributed by atoms with van der Waals surface area (Å²) in [4.78, 5) is 28.6. The molecular formula is C20H30N2O4. The standard InChI is InChI=1S/C20H30N2O4/c1-20(2,3)26-19(25)22-11-7-10-17(15-22)18(24)21(12-13-23)14-16-8-5-4-6-9-16/h4-6,8-9,17,23H,7,10-15H2,1-3H3. The summed E-state index contributed by atoms with van der Waals surface area (Å²) in [5.74, 6) is -0.275. The molecule has 1 aromatic rings. The van der Waals surface area contributed by atoms with Crippen molar-refractivity contribution in [3.05, 3.63) is 35.9 Å². The maximum Gasteiger partial charge on any atom is 0.410 e. The highest BCUT2D eigenvalue weighted by Gasteiger charge is 2.33. The van der Waals surface area contributed by atoms with Crippen molar-refractivity contribution in [2.45, 2.75) is 45.8 Å². The van der Waals surface area contributed by atoms with Crippen LogP contribution in [-0.4, -0.2) is 58.7 Å². The topological polar surface area (TPSA) is 70.1 Å². The fraction of sp³-hybridized carbons (Fsp3) is 0.600. The second-order valence-electron chi connectivity index (χ2n) is 7.73. The number of benzene rings is 1. The largest absolute Gasteiger partial charge is 0.444 e. The molecule has 6 nitrogen and oxygen atoms in total. The van der Waals surface area contributed by atoms with E-state index >= 15 is 0 Å². The van der Waals surface area contributed by atoms with Crippen LogP contribution in [0.15, 0.2) is 30.3 Å². The van der Waals surface area contributed by atoms with Crippen LogP contribution in [0.2, 0.25) is 0 Å². The van der Waals surface area contributed by atoms with Crippen molar-refractivity contribution in [1.82, 2.24) is 9.80 Å². The number of amides is 2. The number of nitrogens with zero attached hydrogens (tertiary/aromatic N) is 2. The van der Waals surface area contributed by atoms with Crippen molar-refractivity contribution in [1.29, 1.82) is 0 Å². The van der Waals surface area contributed by atoms with Crippen LogP contribution in [0.3, 0.4) is 0 Å². The Bertz CT molecular complexity index is 598. The molecule has 2 amide bonds. The fourth-order valence-electron chi connectivity index (χ4n) is 3.12. The zero-order chi connectivity index (χ0) is 19.2. The van der Waals surface area contributed by atoms with Crippen molar-refractivity contribution >= 4 is 12.0 Å². The number of ether oxygens (including phenoxy) is 1. The van der Waals surface area contributed by atoms with E-state index in [1.54, 1.807) is 9.80 Å². The van der Waals surface area contributed by atoms with Crippen LogP contribution < -0.4 is 0 Å². The minimum atomic E-state index is -0.551. The third-order valence-electron chi connectivity index (χ3n) is 4.32. The minimum absolute atomic E-state index is 0.0174. The Hall–Kier alpha value is -2.08. The maximum atomic E-state index is 13.0. The number of carbonyl (C=O) groups excluding carboxylic acids is 2. The summed E-state index contributed by atoms with van der Waals surface area (Å²) < 4.78 is 5.43. The average molecular weight is 362 g/mol. The summed E-state index contributed by atoms with van der Waals surface area (Å²) >= 11 is 0. The monoisotopic (exact) mass is 362 g/mol. The molecule has 0 aromatic heterocycles. The van der Waals surface area contributed by atoms with Crippen molar-refractivity contribution < 1.29 is 19.4 Å². The Labute approximate surface area is 155 Å². The summed E-state index contributed by atoms with van der Waals surface area (Å²) in [7, 11) is 0. The summed E-state index contributed by atoms with van der Waals surface area (Å²) in [5.41, 5.74) is 0.471. The molecule has 1 saturated heterocycles. The minimum Gasteiger partial charge on any atom is -0.444 e. The van der Waals surface area contributed by atoms with Gasteiger partial charge in [-0.05, 0) is 39.2 Å². The van der Waals surface area contributed by atoms with Crippen LogP contribution >= 0.6 is 0 Å².